The lowest BCUT2D eigenvalue weighted by molar-refractivity contribution is 0.583. The fourth-order valence-corrected chi connectivity index (χ4v) is 2.74. The highest BCUT2D eigenvalue weighted by Crippen LogP contribution is 2.27. The van der Waals surface area contributed by atoms with Crippen LogP contribution in [0.25, 0.3) is 10.6 Å². The second kappa shape index (κ2) is 6.12. The van der Waals surface area contributed by atoms with E-state index in [1.165, 1.54) is 11.1 Å². The zero-order valence-electron chi connectivity index (χ0n) is 11.2. The molecule has 0 bridgehead atoms. The SMILES string of the molecule is CCc1ccccc1-c1nc(CNC(C)C)cs1. The Bertz CT molecular complexity index is 503. The lowest BCUT2D eigenvalue weighted by atomic mass is 10.1. The highest BCUT2D eigenvalue weighted by Gasteiger charge is 2.08. The van der Waals surface area contributed by atoms with E-state index in [0.29, 0.717) is 6.04 Å². The molecule has 1 heterocycles. The van der Waals surface area contributed by atoms with E-state index in [9.17, 15) is 0 Å². The molecule has 0 aliphatic rings. The van der Waals surface area contributed by atoms with Gasteiger partial charge in [-0.3, -0.25) is 0 Å². The van der Waals surface area contributed by atoms with Crippen LogP contribution in [-0.4, -0.2) is 11.0 Å². The van der Waals surface area contributed by atoms with Gasteiger partial charge in [-0.15, -0.1) is 11.3 Å². The van der Waals surface area contributed by atoms with Crippen LogP contribution in [0.3, 0.4) is 0 Å². The first-order valence-electron chi connectivity index (χ1n) is 6.46. The van der Waals surface area contributed by atoms with E-state index in [-0.39, 0.29) is 0 Å². The molecule has 0 radical (unpaired) electrons. The predicted octanol–water partition coefficient (Wildman–Crippen LogP) is 3.87. The normalized spacial score (nSPS) is 11.1. The second-order valence-corrected chi connectivity index (χ2v) is 5.55. The summed E-state index contributed by atoms with van der Waals surface area (Å²) in [5.41, 5.74) is 3.78. The Kier molecular flexibility index (Phi) is 4.50. The molecule has 0 fully saturated rings. The largest absolute Gasteiger partial charge is 0.309 e. The van der Waals surface area contributed by atoms with Crippen molar-refractivity contribution in [3.8, 4) is 10.6 Å². The van der Waals surface area contributed by atoms with E-state index in [2.05, 4.69) is 55.7 Å². The van der Waals surface area contributed by atoms with Gasteiger partial charge in [0.1, 0.15) is 5.01 Å². The number of aryl methyl sites for hydroxylation is 1. The van der Waals surface area contributed by atoms with Crippen molar-refractivity contribution in [2.24, 2.45) is 0 Å². The summed E-state index contributed by atoms with van der Waals surface area (Å²) in [6.45, 7) is 7.34. The number of hydrogen-bond acceptors (Lipinski definition) is 3. The molecule has 2 rings (SSSR count). The summed E-state index contributed by atoms with van der Waals surface area (Å²) in [6, 6.07) is 9.03. The van der Waals surface area contributed by atoms with Gasteiger partial charge in [0.15, 0.2) is 0 Å². The Balaban J connectivity index is 2.18. The van der Waals surface area contributed by atoms with Crippen LogP contribution in [0.4, 0.5) is 0 Å². The molecule has 0 atom stereocenters. The molecule has 0 amide bonds. The lowest BCUT2D eigenvalue weighted by Crippen LogP contribution is -2.21. The van der Waals surface area contributed by atoms with E-state index < -0.39 is 0 Å². The monoisotopic (exact) mass is 260 g/mol. The fourth-order valence-electron chi connectivity index (χ4n) is 1.86. The van der Waals surface area contributed by atoms with E-state index in [1.54, 1.807) is 11.3 Å². The highest BCUT2D eigenvalue weighted by atomic mass is 32.1. The van der Waals surface area contributed by atoms with Crippen molar-refractivity contribution in [3.63, 3.8) is 0 Å². The molecule has 1 aromatic carbocycles. The quantitative estimate of drug-likeness (QED) is 0.882. The predicted molar refractivity (Wildman–Crippen MR) is 78.9 cm³/mol. The van der Waals surface area contributed by atoms with E-state index in [1.807, 2.05) is 0 Å². The van der Waals surface area contributed by atoms with Gasteiger partial charge in [-0.05, 0) is 12.0 Å². The third-order valence-corrected chi connectivity index (χ3v) is 3.80. The van der Waals surface area contributed by atoms with Crippen LogP contribution in [0.5, 0.6) is 0 Å². The molecule has 18 heavy (non-hydrogen) atoms. The first-order valence-corrected chi connectivity index (χ1v) is 7.34. The average Bonchev–Trinajstić information content (AvgIpc) is 2.85. The van der Waals surface area contributed by atoms with Crippen LogP contribution in [-0.2, 0) is 13.0 Å². The Labute approximate surface area is 113 Å². The number of benzene rings is 1. The third-order valence-electron chi connectivity index (χ3n) is 2.87. The molecule has 0 saturated heterocycles. The van der Waals surface area contributed by atoms with Crippen molar-refractivity contribution in [2.75, 3.05) is 0 Å². The Hall–Kier alpha value is -1.19. The maximum absolute atomic E-state index is 4.72. The van der Waals surface area contributed by atoms with E-state index >= 15 is 0 Å². The first-order chi connectivity index (χ1) is 8.70. The molecular weight excluding hydrogens is 240 g/mol. The van der Waals surface area contributed by atoms with Crippen molar-refractivity contribution < 1.29 is 0 Å². The summed E-state index contributed by atoms with van der Waals surface area (Å²) in [7, 11) is 0. The highest BCUT2D eigenvalue weighted by molar-refractivity contribution is 7.13. The van der Waals surface area contributed by atoms with Gasteiger partial charge in [-0.1, -0.05) is 45.0 Å². The van der Waals surface area contributed by atoms with Crippen molar-refractivity contribution in [3.05, 3.63) is 40.9 Å². The van der Waals surface area contributed by atoms with Crippen molar-refractivity contribution in [1.29, 1.82) is 0 Å². The van der Waals surface area contributed by atoms with Gasteiger partial charge in [-0.2, -0.15) is 0 Å². The van der Waals surface area contributed by atoms with Crippen LogP contribution in [0, 0.1) is 0 Å². The first kappa shape index (κ1) is 13.2. The fraction of sp³-hybridized carbons (Fsp3) is 0.400. The lowest BCUT2D eigenvalue weighted by Gasteiger charge is -2.05. The summed E-state index contributed by atoms with van der Waals surface area (Å²) in [5.74, 6) is 0. The molecule has 2 nitrogen and oxygen atoms in total. The maximum atomic E-state index is 4.72. The average molecular weight is 260 g/mol. The Morgan fingerprint density at radius 1 is 1.28 bits per heavy atom. The van der Waals surface area contributed by atoms with Crippen LogP contribution >= 0.6 is 11.3 Å². The van der Waals surface area contributed by atoms with Crippen molar-refractivity contribution in [1.82, 2.24) is 10.3 Å². The van der Waals surface area contributed by atoms with Gasteiger partial charge in [-0.25, -0.2) is 4.98 Å². The molecule has 1 N–H and O–H groups in total. The summed E-state index contributed by atoms with van der Waals surface area (Å²) < 4.78 is 0. The van der Waals surface area contributed by atoms with E-state index in [0.717, 1.165) is 23.7 Å². The summed E-state index contributed by atoms with van der Waals surface area (Å²) in [4.78, 5) is 4.72. The molecule has 1 aromatic heterocycles. The summed E-state index contributed by atoms with van der Waals surface area (Å²) >= 11 is 1.73. The zero-order valence-corrected chi connectivity index (χ0v) is 12.1. The molecular formula is C15H20N2S. The van der Waals surface area contributed by atoms with Crippen molar-refractivity contribution >= 4 is 11.3 Å². The number of aromatic nitrogens is 1. The van der Waals surface area contributed by atoms with Gasteiger partial charge in [0.05, 0.1) is 5.69 Å². The van der Waals surface area contributed by atoms with Gasteiger partial charge in [0.2, 0.25) is 0 Å². The van der Waals surface area contributed by atoms with Crippen molar-refractivity contribution in [2.45, 2.75) is 39.8 Å². The molecule has 2 aromatic rings. The third kappa shape index (κ3) is 3.18. The van der Waals surface area contributed by atoms with Crippen LogP contribution < -0.4 is 5.32 Å². The Morgan fingerprint density at radius 2 is 2.06 bits per heavy atom. The molecule has 0 spiro atoms. The molecule has 96 valence electrons. The number of rotatable bonds is 5. The maximum Gasteiger partial charge on any atom is 0.123 e. The van der Waals surface area contributed by atoms with Crippen LogP contribution in [0.1, 0.15) is 32.0 Å². The Morgan fingerprint density at radius 3 is 2.78 bits per heavy atom. The van der Waals surface area contributed by atoms with E-state index in [4.69, 9.17) is 4.98 Å². The minimum atomic E-state index is 0.498. The van der Waals surface area contributed by atoms with Crippen LogP contribution in [0.15, 0.2) is 29.6 Å². The second-order valence-electron chi connectivity index (χ2n) is 4.69. The number of nitrogens with zero attached hydrogens (tertiary/aromatic N) is 1. The number of thiazole rings is 1. The minimum absolute atomic E-state index is 0.498. The molecule has 0 unspecified atom stereocenters. The van der Waals surface area contributed by atoms with Crippen LogP contribution in [0.2, 0.25) is 0 Å². The summed E-state index contributed by atoms with van der Waals surface area (Å²) in [5, 5.41) is 6.68. The van der Waals surface area contributed by atoms with Gasteiger partial charge < -0.3 is 5.32 Å². The number of hydrogen-bond donors (Lipinski definition) is 1. The molecule has 0 aliphatic carbocycles. The standard InChI is InChI=1S/C15H20N2S/c1-4-12-7-5-6-8-14(12)15-17-13(10-18-15)9-16-11(2)3/h5-8,10-11,16H,4,9H2,1-3H3. The zero-order chi connectivity index (χ0) is 13.0. The smallest absolute Gasteiger partial charge is 0.123 e. The molecule has 0 aliphatic heterocycles. The summed E-state index contributed by atoms with van der Waals surface area (Å²) in [6.07, 6.45) is 1.05. The number of nitrogens with one attached hydrogen (secondary N) is 1. The topological polar surface area (TPSA) is 24.9 Å². The van der Waals surface area contributed by atoms with Gasteiger partial charge >= 0.3 is 0 Å². The molecule has 3 heteroatoms. The van der Waals surface area contributed by atoms with Gasteiger partial charge in [0.25, 0.3) is 0 Å². The van der Waals surface area contributed by atoms with Gasteiger partial charge in [0, 0.05) is 23.5 Å². The minimum Gasteiger partial charge on any atom is -0.309 e. The molecule has 0 saturated carbocycles.